The number of ether oxygens (including phenoxy) is 3. The number of nitrogens with zero attached hydrogens (tertiary/aromatic N) is 3. The molecule has 0 spiro atoms. The molecule has 130 valence electrons. The van der Waals surface area contributed by atoms with E-state index in [1.807, 2.05) is 31.2 Å². The molecular weight excluding hydrogens is 318 g/mol. The quantitative estimate of drug-likeness (QED) is 0.615. The zero-order valence-corrected chi connectivity index (χ0v) is 14.7. The highest BCUT2D eigenvalue weighted by molar-refractivity contribution is 5.86. The lowest BCUT2D eigenvalue weighted by Crippen LogP contribution is -2.06. The molecule has 0 aliphatic heterocycles. The predicted molar refractivity (Wildman–Crippen MR) is 96.0 cm³/mol. The van der Waals surface area contributed by atoms with Crippen LogP contribution in [0.5, 0.6) is 11.8 Å². The molecule has 2 aromatic heterocycles. The fraction of sp³-hybridized carbons (Fsp3) is 0.316. The summed E-state index contributed by atoms with van der Waals surface area (Å²) < 4.78 is 16.0. The van der Waals surface area contributed by atoms with E-state index < -0.39 is 0 Å². The number of hydrogen-bond acceptors (Lipinski definition) is 6. The van der Waals surface area contributed by atoms with E-state index in [2.05, 4.69) is 16.9 Å². The van der Waals surface area contributed by atoms with Gasteiger partial charge in [-0.15, -0.1) is 0 Å². The molecule has 0 saturated heterocycles. The monoisotopic (exact) mass is 339 g/mol. The van der Waals surface area contributed by atoms with Crippen molar-refractivity contribution in [2.45, 2.75) is 13.8 Å². The Labute approximate surface area is 146 Å². The van der Waals surface area contributed by atoms with Crippen molar-refractivity contribution in [1.82, 2.24) is 15.0 Å². The average Bonchev–Trinajstić information content (AvgIpc) is 2.65. The summed E-state index contributed by atoms with van der Waals surface area (Å²) in [6, 6.07) is 8.30. The zero-order chi connectivity index (χ0) is 17.6. The van der Waals surface area contributed by atoms with E-state index in [-0.39, 0.29) is 0 Å². The van der Waals surface area contributed by atoms with E-state index in [0.717, 1.165) is 33.5 Å². The normalized spacial score (nSPS) is 10.8. The van der Waals surface area contributed by atoms with E-state index in [1.165, 1.54) is 0 Å². The first-order valence-electron chi connectivity index (χ1n) is 8.19. The highest BCUT2D eigenvalue weighted by Crippen LogP contribution is 2.27. The molecule has 0 aliphatic rings. The molecule has 0 fully saturated rings. The van der Waals surface area contributed by atoms with Crippen LogP contribution in [0.1, 0.15) is 12.5 Å². The van der Waals surface area contributed by atoms with Crippen LogP contribution in [0.25, 0.3) is 22.2 Å². The Bertz CT molecular complexity index is 850. The second-order valence-electron chi connectivity index (χ2n) is 5.51. The summed E-state index contributed by atoms with van der Waals surface area (Å²) in [5.74, 6) is 0.780. The fourth-order valence-electron chi connectivity index (χ4n) is 2.54. The third-order valence-corrected chi connectivity index (χ3v) is 3.80. The highest BCUT2D eigenvalue weighted by Gasteiger charge is 2.08. The van der Waals surface area contributed by atoms with Gasteiger partial charge in [-0.25, -0.2) is 15.0 Å². The van der Waals surface area contributed by atoms with Crippen LogP contribution in [0.15, 0.2) is 36.7 Å². The van der Waals surface area contributed by atoms with Gasteiger partial charge in [-0.2, -0.15) is 0 Å². The second-order valence-corrected chi connectivity index (χ2v) is 5.51. The largest absolute Gasteiger partial charge is 0.491 e. The summed E-state index contributed by atoms with van der Waals surface area (Å²) in [5, 5.41) is 1.09. The first-order valence-corrected chi connectivity index (χ1v) is 8.19. The zero-order valence-electron chi connectivity index (χ0n) is 14.7. The smallest absolute Gasteiger partial charge is 0.316 e. The summed E-state index contributed by atoms with van der Waals surface area (Å²) in [6.45, 7) is 5.81. The van der Waals surface area contributed by atoms with Crippen molar-refractivity contribution in [2.24, 2.45) is 0 Å². The molecule has 1 aromatic carbocycles. The number of aromatic nitrogens is 3. The number of fused-ring (bicyclic) bond motifs is 1. The number of aryl methyl sites for hydroxylation is 1. The Morgan fingerprint density at radius 3 is 2.56 bits per heavy atom. The lowest BCUT2D eigenvalue weighted by Gasteiger charge is -2.10. The molecule has 25 heavy (non-hydrogen) atoms. The molecule has 0 atom stereocenters. The van der Waals surface area contributed by atoms with Crippen LogP contribution in [0.2, 0.25) is 0 Å². The Morgan fingerprint density at radius 2 is 1.84 bits per heavy atom. The summed E-state index contributed by atoms with van der Waals surface area (Å²) >= 11 is 0. The van der Waals surface area contributed by atoms with Gasteiger partial charge in [0, 0.05) is 36.0 Å². The van der Waals surface area contributed by atoms with Gasteiger partial charge in [-0.1, -0.05) is 0 Å². The Kier molecular flexibility index (Phi) is 5.40. The topological polar surface area (TPSA) is 66.4 Å². The van der Waals surface area contributed by atoms with E-state index >= 15 is 0 Å². The second kappa shape index (κ2) is 7.90. The minimum absolute atomic E-state index is 0.339. The molecule has 0 saturated carbocycles. The Balaban J connectivity index is 1.89. The van der Waals surface area contributed by atoms with Crippen molar-refractivity contribution in [3.8, 4) is 23.0 Å². The Hall–Kier alpha value is -2.73. The maximum absolute atomic E-state index is 5.73. The van der Waals surface area contributed by atoms with Gasteiger partial charge in [0.05, 0.1) is 24.9 Å². The number of pyridine rings is 1. The van der Waals surface area contributed by atoms with Crippen molar-refractivity contribution in [3.05, 3.63) is 42.2 Å². The SMILES string of the molecule is CCOCCOc1ccc2c(C)cc(-c3cnc(OC)nc3)nc2c1. The first-order chi connectivity index (χ1) is 12.2. The van der Waals surface area contributed by atoms with Crippen LogP contribution in [-0.4, -0.2) is 41.9 Å². The van der Waals surface area contributed by atoms with Gasteiger partial charge in [-0.05, 0) is 37.6 Å². The fourth-order valence-corrected chi connectivity index (χ4v) is 2.54. The van der Waals surface area contributed by atoms with Crippen molar-refractivity contribution in [3.63, 3.8) is 0 Å². The van der Waals surface area contributed by atoms with Gasteiger partial charge >= 0.3 is 6.01 Å². The van der Waals surface area contributed by atoms with Crippen molar-refractivity contribution < 1.29 is 14.2 Å². The van der Waals surface area contributed by atoms with Crippen LogP contribution in [0.4, 0.5) is 0 Å². The van der Waals surface area contributed by atoms with Crippen molar-refractivity contribution in [2.75, 3.05) is 26.9 Å². The third kappa shape index (κ3) is 4.03. The molecule has 3 rings (SSSR count). The van der Waals surface area contributed by atoms with Gasteiger partial charge in [0.2, 0.25) is 0 Å². The van der Waals surface area contributed by atoms with Crippen LogP contribution in [0, 0.1) is 6.92 Å². The predicted octanol–water partition coefficient (Wildman–Crippen LogP) is 3.42. The maximum atomic E-state index is 5.73. The van der Waals surface area contributed by atoms with E-state index in [1.54, 1.807) is 19.5 Å². The van der Waals surface area contributed by atoms with Crippen molar-refractivity contribution in [1.29, 1.82) is 0 Å². The van der Waals surface area contributed by atoms with Crippen LogP contribution < -0.4 is 9.47 Å². The van der Waals surface area contributed by atoms with Crippen LogP contribution >= 0.6 is 0 Å². The molecule has 0 unspecified atom stereocenters. The molecule has 2 heterocycles. The highest BCUT2D eigenvalue weighted by atomic mass is 16.5. The number of rotatable bonds is 7. The van der Waals surface area contributed by atoms with E-state index in [4.69, 9.17) is 19.2 Å². The third-order valence-electron chi connectivity index (χ3n) is 3.80. The number of benzene rings is 1. The molecule has 6 nitrogen and oxygen atoms in total. The molecule has 6 heteroatoms. The van der Waals surface area contributed by atoms with E-state index in [0.29, 0.717) is 25.8 Å². The average molecular weight is 339 g/mol. The first kappa shape index (κ1) is 17.1. The molecule has 0 radical (unpaired) electrons. The minimum Gasteiger partial charge on any atom is -0.491 e. The summed E-state index contributed by atoms with van der Waals surface area (Å²) in [5.41, 5.74) is 3.67. The number of hydrogen-bond donors (Lipinski definition) is 0. The molecular formula is C19H21N3O3. The van der Waals surface area contributed by atoms with Crippen LogP contribution in [0.3, 0.4) is 0 Å². The standard InChI is InChI=1S/C19H21N3O3/c1-4-24-7-8-25-15-5-6-16-13(2)9-17(22-18(16)10-15)14-11-20-19(23-3)21-12-14/h5-6,9-12H,4,7-8H2,1-3H3. The summed E-state index contributed by atoms with van der Waals surface area (Å²) in [6.07, 6.45) is 3.42. The molecule has 3 aromatic rings. The van der Waals surface area contributed by atoms with Gasteiger partial charge < -0.3 is 14.2 Å². The van der Waals surface area contributed by atoms with Gasteiger partial charge in [-0.3, -0.25) is 0 Å². The van der Waals surface area contributed by atoms with Gasteiger partial charge in [0.15, 0.2) is 0 Å². The van der Waals surface area contributed by atoms with Gasteiger partial charge in [0.1, 0.15) is 12.4 Å². The summed E-state index contributed by atoms with van der Waals surface area (Å²) in [7, 11) is 1.54. The molecule has 0 amide bonds. The maximum Gasteiger partial charge on any atom is 0.316 e. The van der Waals surface area contributed by atoms with Crippen LogP contribution in [-0.2, 0) is 4.74 Å². The lowest BCUT2D eigenvalue weighted by molar-refractivity contribution is 0.110. The molecule has 0 aliphatic carbocycles. The van der Waals surface area contributed by atoms with Gasteiger partial charge in [0.25, 0.3) is 0 Å². The van der Waals surface area contributed by atoms with Crippen molar-refractivity contribution >= 4 is 10.9 Å². The minimum atomic E-state index is 0.339. The molecule has 0 N–H and O–H groups in total. The summed E-state index contributed by atoms with van der Waals surface area (Å²) in [4.78, 5) is 13.0. The number of methoxy groups -OCH3 is 1. The Morgan fingerprint density at radius 1 is 1.04 bits per heavy atom. The lowest BCUT2D eigenvalue weighted by atomic mass is 10.1. The van der Waals surface area contributed by atoms with E-state index in [9.17, 15) is 0 Å². The molecule has 0 bridgehead atoms.